The molecule has 1 N–H and O–H groups in total. The van der Waals surface area contributed by atoms with Crippen LogP contribution >= 0.6 is 0 Å². The lowest BCUT2D eigenvalue weighted by atomic mass is 10.3. The van der Waals surface area contributed by atoms with Crippen molar-refractivity contribution >= 4 is 11.0 Å². The van der Waals surface area contributed by atoms with E-state index in [2.05, 4.69) is 45.9 Å². The van der Waals surface area contributed by atoms with Gasteiger partial charge in [0.2, 0.25) is 0 Å². The monoisotopic (exact) mass is 297 g/mol. The summed E-state index contributed by atoms with van der Waals surface area (Å²) in [7, 11) is 0. The first-order chi connectivity index (χ1) is 10.8. The van der Waals surface area contributed by atoms with Crippen LogP contribution in [-0.4, -0.2) is 37.7 Å². The summed E-state index contributed by atoms with van der Waals surface area (Å²) >= 11 is 0. The SMILES string of the molecule is CCN(CCc1nc2ccccc2[nH]1)Cc1ccn(CC)n1. The summed E-state index contributed by atoms with van der Waals surface area (Å²) in [5.74, 6) is 1.05. The second kappa shape index (κ2) is 6.75. The number of aryl methyl sites for hydroxylation is 1. The smallest absolute Gasteiger partial charge is 0.108 e. The summed E-state index contributed by atoms with van der Waals surface area (Å²) in [5, 5.41) is 4.56. The average Bonchev–Trinajstić information content (AvgIpc) is 3.17. The number of rotatable bonds is 7. The normalized spacial score (nSPS) is 11.6. The van der Waals surface area contributed by atoms with E-state index in [1.807, 2.05) is 29.1 Å². The third-order valence-electron chi connectivity index (χ3n) is 3.96. The van der Waals surface area contributed by atoms with Gasteiger partial charge < -0.3 is 4.98 Å². The van der Waals surface area contributed by atoms with E-state index in [1.54, 1.807) is 0 Å². The summed E-state index contributed by atoms with van der Waals surface area (Å²) in [6.45, 7) is 8.11. The molecule has 0 atom stereocenters. The molecule has 2 heterocycles. The van der Waals surface area contributed by atoms with E-state index in [0.29, 0.717) is 0 Å². The summed E-state index contributed by atoms with van der Waals surface area (Å²) < 4.78 is 1.97. The fourth-order valence-corrected chi connectivity index (χ4v) is 2.63. The Labute approximate surface area is 131 Å². The van der Waals surface area contributed by atoms with Gasteiger partial charge in [-0.25, -0.2) is 4.98 Å². The molecule has 0 fully saturated rings. The number of H-pyrrole nitrogens is 1. The summed E-state index contributed by atoms with van der Waals surface area (Å²) in [6, 6.07) is 10.3. The molecule has 116 valence electrons. The number of fused-ring (bicyclic) bond motifs is 1. The Morgan fingerprint density at radius 2 is 2.05 bits per heavy atom. The van der Waals surface area contributed by atoms with Crippen LogP contribution in [0.25, 0.3) is 11.0 Å². The van der Waals surface area contributed by atoms with Gasteiger partial charge in [-0.3, -0.25) is 9.58 Å². The number of hydrogen-bond acceptors (Lipinski definition) is 3. The van der Waals surface area contributed by atoms with Crippen LogP contribution in [0.1, 0.15) is 25.4 Å². The molecule has 2 aromatic heterocycles. The number of hydrogen-bond donors (Lipinski definition) is 1. The first kappa shape index (κ1) is 14.8. The molecule has 3 aromatic rings. The maximum atomic E-state index is 4.64. The van der Waals surface area contributed by atoms with Crippen molar-refractivity contribution in [3.63, 3.8) is 0 Å². The maximum absolute atomic E-state index is 4.64. The second-order valence-corrected chi connectivity index (χ2v) is 5.48. The Bertz CT molecular complexity index is 694. The van der Waals surface area contributed by atoms with Crippen molar-refractivity contribution in [2.45, 2.75) is 33.4 Å². The van der Waals surface area contributed by atoms with Gasteiger partial charge in [-0.1, -0.05) is 19.1 Å². The van der Waals surface area contributed by atoms with Gasteiger partial charge in [-0.2, -0.15) is 5.10 Å². The number of aromatic amines is 1. The molecule has 0 aliphatic carbocycles. The van der Waals surface area contributed by atoms with Crippen LogP contribution in [0.5, 0.6) is 0 Å². The second-order valence-electron chi connectivity index (χ2n) is 5.48. The van der Waals surface area contributed by atoms with Crippen molar-refractivity contribution in [2.24, 2.45) is 0 Å². The lowest BCUT2D eigenvalue weighted by Crippen LogP contribution is -2.26. The minimum absolute atomic E-state index is 0.893. The lowest BCUT2D eigenvalue weighted by molar-refractivity contribution is 0.277. The lowest BCUT2D eigenvalue weighted by Gasteiger charge is -2.18. The Morgan fingerprint density at radius 1 is 1.18 bits per heavy atom. The number of benzene rings is 1. The largest absolute Gasteiger partial charge is 0.342 e. The van der Waals surface area contributed by atoms with E-state index in [0.717, 1.165) is 55.2 Å². The standard InChI is InChI=1S/C17H23N5/c1-3-21(13-14-9-12-22(4-2)20-14)11-10-17-18-15-7-5-6-8-16(15)19-17/h5-9,12H,3-4,10-11,13H2,1-2H3,(H,18,19). The quantitative estimate of drug-likeness (QED) is 0.729. The molecular formula is C17H23N5. The van der Waals surface area contributed by atoms with Gasteiger partial charge in [0.1, 0.15) is 5.82 Å². The van der Waals surface area contributed by atoms with Crippen LogP contribution in [0, 0.1) is 0 Å². The molecule has 5 nitrogen and oxygen atoms in total. The Balaban J connectivity index is 1.60. The topological polar surface area (TPSA) is 49.7 Å². The molecular weight excluding hydrogens is 274 g/mol. The van der Waals surface area contributed by atoms with Gasteiger partial charge in [0.05, 0.1) is 16.7 Å². The van der Waals surface area contributed by atoms with Gasteiger partial charge in [-0.05, 0) is 31.7 Å². The minimum atomic E-state index is 0.893. The predicted octanol–water partition coefficient (Wildman–Crippen LogP) is 2.84. The van der Waals surface area contributed by atoms with Crippen LogP contribution in [0.3, 0.4) is 0 Å². The molecule has 0 saturated heterocycles. The van der Waals surface area contributed by atoms with Crippen LogP contribution in [0.2, 0.25) is 0 Å². The van der Waals surface area contributed by atoms with Gasteiger partial charge >= 0.3 is 0 Å². The van der Waals surface area contributed by atoms with Crippen molar-refractivity contribution in [1.29, 1.82) is 0 Å². The van der Waals surface area contributed by atoms with E-state index in [9.17, 15) is 0 Å². The van der Waals surface area contributed by atoms with Crippen LogP contribution < -0.4 is 0 Å². The van der Waals surface area contributed by atoms with E-state index in [-0.39, 0.29) is 0 Å². The molecule has 0 bridgehead atoms. The highest BCUT2D eigenvalue weighted by molar-refractivity contribution is 5.74. The summed E-state index contributed by atoms with van der Waals surface area (Å²) in [4.78, 5) is 10.4. The first-order valence-electron chi connectivity index (χ1n) is 7.96. The van der Waals surface area contributed by atoms with Crippen molar-refractivity contribution < 1.29 is 0 Å². The van der Waals surface area contributed by atoms with E-state index in [4.69, 9.17) is 0 Å². The zero-order valence-corrected chi connectivity index (χ0v) is 13.3. The molecule has 0 aliphatic heterocycles. The Morgan fingerprint density at radius 3 is 2.77 bits per heavy atom. The Kier molecular flexibility index (Phi) is 4.53. The first-order valence-corrected chi connectivity index (χ1v) is 7.96. The van der Waals surface area contributed by atoms with Crippen molar-refractivity contribution in [3.05, 3.63) is 48.0 Å². The molecule has 22 heavy (non-hydrogen) atoms. The fraction of sp³-hybridized carbons (Fsp3) is 0.412. The molecule has 0 amide bonds. The van der Waals surface area contributed by atoms with Crippen molar-refractivity contribution in [1.82, 2.24) is 24.6 Å². The number of nitrogens with zero attached hydrogens (tertiary/aromatic N) is 4. The number of imidazole rings is 1. The van der Waals surface area contributed by atoms with Gasteiger partial charge in [0, 0.05) is 32.3 Å². The van der Waals surface area contributed by atoms with Gasteiger partial charge in [0.25, 0.3) is 0 Å². The molecule has 0 unspecified atom stereocenters. The van der Waals surface area contributed by atoms with E-state index >= 15 is 0 Å². The highest BCUT2D eigenvalue weighted by Gasteiger charge is 2.08. The van der Waals surface area contributed by atoms with Crippen LogP contribution in [0.4, 0.5) is 0 Å². The highest BCUT2D eigenvalue weighted by Crippen LogP contribution is 2.11. The maximum Gasteiger partial charge on any atom is 0.108 e. The molecule has 0 spiro atoms. The zero-order valence-electron chi connectivity index (χ0n) is 13.3. The van der Waals surface area contributed by atoms with Gasteiger partial charge in [-0.15, -0.1) is 0 Å². The van der Waals surface area contributed by atoms with E-state index in [1.165, 1.54) is 0 Å². The molecule has 5 heteroatoms. The minimum Gasteiger partial charge on any atom is -0.342 e. The summed E-state index contributed by atoms with van der Waals surface area (Å²) in [5.41, 5.74) is 3.29. The van der Waals surface area contributed by atoms with Crippen molar-refractivity contribution in [2.75, 3.05) is 13.1 Å². The average molecular weight is 297 g/mol. The van der Waals surface area contributed by atoms with Crippen molar-refractivity contribution in [3.8, 4) is 0 Å². The number of nitrogens with one attached hydrogen (secondary N) is 1. The third kappa shape index (κ3) is 3.36. The number of para-hydroxylation sites is 2. The highest BCUT2D eigenvalue weighted by atomic mass is 15.3. The number of likely N-dealkylation sites (N-methyl/N-ethyl adjacent to an activating group) is 1. The summed E-state index contributed by atoms with van der Waals surface area (Å²) in [6.07, 6.45) is 2.97. The van der Waals surface area contributed by atoms with E-state index < -0.39 is 0 Å². The number of aromatic nitrogens is 4. The molecule has 1 aromatic carbocycles. The Hall–Kier alpha value is -2.14. The zero-order chi connectivity index (χ0) is 15.4. The molecule has 0 saturated carbocycles. The van der Waals surface area contributed by atoms with Crippen LogP contribution in [0.15, 0.2) is 36.5 Å². The molecule has 3 rings (SSSR count). The molecule has 0 radical (unpaired) electrons. The van der Waals surface area contributed by atoms with Gasteiger partial charge in [0.15, 0.2) is 0 Å². The van der Waals surface area contributed by atoms with Crippen LogP contribution in [-0.2, 0) is 19.5 Å². The third-order valence-corrected chi connectivity index (χ3v) is 3.96. The molecule has 0 aliphatic rings. The fourth-order valence-electron chi connectivity index (χ4n) is 2.63. The predicted molar refractivity (Wildman–Crippen MR) is 88.6 cm³/mol.